The van der Waals surface area contributed by atoms with Gasteiger partial charge in [0.1, 0.15) is 11.2 Å². The zero-order chi connectivity index (χ0) is 26.1. The van der Waals surface area contributed by atoms with Crippen LogP contribution < -0.4 is 0 Å². The van der Waals surface area contributed by atoms with E-state index in [-0.39, 0.29) is 0 Å². The lowest BCUT2D eigenvalue weighted by Gasteiger charge is -2.12. The van der Waals surface area contributed by atoms with Crippen molar-refractivity contribution in [3.8, 4) is 22.4 Å². The number of aromatic nitrogens is 2. The highest BCUT2D eigenvalue weighted by atomic mass is 16.3. The molecule has 3 nitrogen and oxygen atoms in total. The summed E-state index contributed by atoms with van der Waals surface area (Å²) in [4.78, 5) is 10.2. The first-order valence-electron chi connectivity index (χ1n) is 13.2. The normalized spacial score (nSPS) is 11.8. The van der Waals surface area contributed by atoms with Gasteiger partial charge in [-0.3, -0.25) is 4.98 Å². The van der Waals surface area contributed by atoms with E-state index in [1.54, 1.807) is 0 Å². The van der Waals surface area contributed by atoms with E-state index in [0.717, 1.165) is 66.1 Å². The van der Waals surface area contributed by atoms with Crippen molar-refractivity contribution in [3.63, 3.8) is 0 Å². The Hall–Kier alpha value is -5.02. The molecular weight excluding hydrogens is 476 g/mol. The number of fused-ring (bicyclic) bond motifs is 9. The van der Waals surface area contributed by atoms with Crippen LogP contribution in [0.2, 0.25) is 0 Å². The van der Waals surface area contributed by atoms with Crippen LogP contribution in [0.1, 0.15) is 11.1 Å². The number of furan rings is 1. The van der Waals surface area contributed by atoms with Gasteiger partial charge in [0, 0.05) is 32.7 Å². The SMILES string of the molecule is Cc1ccc2c(c1)c1cc(C)ccc1c1nc(-c3cccc(-c4cccc5c4oc4ccccc45)c3)cnc21. The van der Waals surface area contributed by atoms with Crippen molar-refractivity contribution >= 4 is 54.5 Å². The Morgan fingerprint density at radius 2 is 1.23 bits per heavy atom. The van der Waals surface area contributed by atoms with Crippen LogP contribution in [0.25, 0.3) is 76.9 Å². The van der Waals surface area contributed by atoms with Crippen molar-refractivity contribution in [3.05, 3.63) is 120 Å². The van der Waals surface area contributed by atoms with Crippen LogP contribution in [0.3, 0.4) is 0 Å². The molecule has 0 unspecified atom stereocenters. The minimum atomic E-state index is 0.856. The van der Waals surface area contributed by atoms with Crippen LogP contribution in [0.5, 0.6) is 0 Å². The molecule has 184 valence electrons. The Kier molecular flexibility index (Phi) is 4.65. The van der Waals surface area contributed by atoms with E-state index in [4.69, 9.17) is 14.4 Å². The maximum atomic E-state index is 6.32. The molecule has 8 aromatic rings. The Morgan fingerprint density at radius 1 is 0.538 bits per heavy atom. The van der Waals surface area contributed by atoms with Crippen LogP contribution in [0.4, 0.5) is 0 Å². The fraction of sp³-hybridized carbons (Fsp3) is 0.0556. The van der Waals surface area contributed by atoms with Crippen LogP contribution in [-0.4, -0.2) is 9.97 Å². The summed E-state index contributed by atoms with van der Waals surface area (Å²) in [6.07, 6.45) is 1.91. The topological polar surface area (TPSA) is 38.9 Å². The Bertz CT molecular complexity index is 2260. The molecule has 3 heteroatoms. The van der Waals surface area contributed by atoms with Gasteiger partial charge in [0.15, 0.2) is 0 Å². The van der Waals surface area contributed by atoms with Gasteiger partial charge in [0.25, 0.3) is 0 Å². The van der Waals surface area contributed by atoms with Crippen LogP contribution in [-0.2, 0) is 0 Å². The van der Waals surface area contributed by atoms with Gasteiger partial charge >= 0.3 is 0 Å². The number of hydrogen-bond acceptors (Lipinski definition) is 3. The van der Waals surface area contributed by atoms with Crippen molar-refractivity contribution in [2.24, 2.45) is 0 Å². The van der Waals surface area contributed by atoms with E-state index in [9.17, 15) is 0 Å². The highest BCUT2D eigenvalue weighted by Gasteiger charge is 2.15. The van der Waals surface area contributed by atoms with Crippen molar-refractivity contribution in [1.82, 2.24) is 9.97 Å². The van der Waals surface area contributed by atoms with Gasteiger partial charge in [0.2, 0.25) is 0 Å². The molecule has 2 aromatic heterocycles. The van der Waals surface area contributed by atoms with Gasteiger partial charge in [-0.15, -0.1) is 0 Å². The number of aryl methyl sites for hydroxylation is 2. The second-order valence-electron chi connectivity index (χ2n) is 10.4. The van der Waals surface area contributed by atoms with Gasteiger partial charge in [-0.2, -0.15) is 0 Å². The maximum Gasteiger partial charge on any atom is 0.143 e. The molecule has 0 amide bonds. The summed E-state index contributed by atoms with van der Waals surface area (Å²) in [7, 11) is 0. The molecule has 0 saturated carbocycles. The lowest BCUT2D eigenvalue weighted by Crippen LogP contribution is -1.93. The molecule has 0 radical (unpaired) electrons. The van der Waals surface area contributed by atoms with E-state index in [2.05, 4.69) is 105 Å². The number of hydrogen-bond donors (Lipinski definition) is 0. The smallest absolute Gasteiger partial charge is 0.143 e. The molecule has 39 heavy (non-hydrogen) atoms. The summed E-state index contributed by atoms with van der Waals surface area (Å²) in [5.74, 6) is 0. The monoisotopic (exact) mass is 500 g/mol. The summed E-state index contributed by atoms with van der Waals surface area (Å²) < 4.78 is 6.32. The largest absolute Gasteiger partial charge is 0.455 e. The molecule has 0 N–H and O–H groups in total. The first-order valence-corrected chi connectivity index (χ1v) is 13.2. The lowest BCUT2D eigenvalue weighted by molar-refractivity contribution is 0.670. The highest BCUT2D eigenvalue weighted by Crippen LogP contribution is 2.38. The Morgan fingerprint density at radius 3 is 2.05 bits per heavy atom. The van der Waals surface area contributed by atoms with Crippen molar-refractivity contribution in [2.75, 3.05) is 0 Å². The lowest BCUT2D eigenvalue weighted by atomic mass is 9.96. The molecule has 0 atom stereocenters. The third-order valence-corrected chi connectivity index (χ3v) is 7.80. The van der Waals surface area contributed by atoms with Crippen molar-refractivity contribution in [1.29, 1.82) is 0 Å². The number of rotatable bonds is 2. The molecule has 0 spiro atoms. The standard InChI is InChI=1S/C36H24N2O/c1-21-13-15-27-30(17-21)31-18-22(2)14-16-28(31)35-34(27)37-20-32(38-35)24-8-5-7-23(19-24)25-10-6-11-29-26-9-3-4-12-33(26)39-36(25)29/h3-20H,1-2H3. The Labute approximate surface area is 225 Å². The van der Waals surface area contributed by atoms with Crippen LogP contribution in [0.15, 0.2) is 114 Å². The minimum Gasteiger partial charge on any atom is -0.455 e. The fourth-order valence-corrected chi connectivity index (χ4v) is 5.91. The average molecular weight is 501 g/mol. The van der Waals surface area contributed by atoms with E-state index in [1.165, 1.54) is 21.9 Å². The number of benzene rings is 6. The molecule has 0 aliphatic heterocycles. The zero-order valence-corrected chi connectivity index (χ0v) is 21.7. The molecule has 0 fully saturated rings. The molecule has 8 rings (SSSR count). The van der Waals surface area contributed by atoms with Crippen molar-refractivity contribution < 1.29 is 4.42 Å². The van der Waals surface area contributed by atoms with E-state index < -0.39 is 0 Å². The first kappa shape index (κ1) is 22.0. The molecular formula is C36H24N2O. The molecule has 0 aliphatic rings. The van der Waals surface area contributed by atoms with E-state index in [0.29, 0.717) is 0 Å². The second kappa shape index (κ2) is 8.24. The third-order valence-electron chi connectivity index (χ3n) is 7.80. The third kappa shape index (κ3) is 3.37. The molecule has 2 heterocycles. The predicted molar refractivity (Wildman–Crippen MR) is 162 cm³/mol. The first-order chi connectivity index (χ1) is 19.1. The van der Waals surface area contributed by atoms with Gasteiger partial charge in [-0.25, -0.2) is 4.98 Å². The number of para-hydroxylation sites is 2. The zero-order valence-electron chi connectivity index (χ0n) is 21.7. The molecule has 0 aliphatic carbocycles. The van der Waals surface area contributed by atoms with Gasteiger partial charge in [-0.1, -0.05) is 102 Å². The summed E-state index contributed by atoms with van der Waals surface area (Å²) >= 11 is 0. The highest BCUT2D eigenvalue weighted by molar-refractivity contribution is 6.23. The van der Waals surface area contributed by atoms with Crippen LogP contribution in [0, 0.1) is 13.8 Å². The number of nitrogens with zero attached hydrogens (tertiary/aromatic N) is 2. The van der Waals surface area contributed by atoms with E-state index in [1.807, 2.05) is 18.3 Å². The van der Waals surface area contributed by atoms with Crippen LogP contribution >= 0.6 is 0 Å². The van der Waals surface area contributed by atoms with E-state index >= 15 is 0 Å². The molecule has 6 aromatic carbocycles. The van der Waals surface area contributed by atoms with Gasteiger partial charge in [0.05, 0.1) is 22.9 Å². The Balaban J connectivity index is 1.34. The van der Waals surface area contributed by atoms with Gasteiger partial charge in [-0.05, 0) is 42.3 Å². The molecule has 0 saturated heterocycles. The predicted octanol–water partition coefficient (Wildman–Crippen LogP) is 9.79. The maximum absolute atomic E-state index is 6.32. The van der Waals surface area contributed by atoms with Crippen molar-refractivity contribution in [2.45, 2.75) is 13.8 Å². The summed E-state index contributed by atoms with van der Waals surface area (Å²) in [6.45, 7) is 4.28. The summed E-state index contributed by atoms with van der Waals surface area (Å²) in [6, 6.07) is 36.3. The van der Waals surface area contributed by atoms with Gasteiger partial charge < -0.3 is 4.42 Å². The molecule has 0 bridgehead atoms. The second-order valence-corrected chi connectivity index (χ2v) is 10.4. The minimum absolute atomic E-state index is 0.856. The quantitative estimate of drug-likeness (QED) is 0.222. The summed E-state index contributed by atoms with van der Waals surface area (Å²) in [5, 5.41) is 6.98. The summed E-state index contributed by atoms with van der Waals surface area (Å²) in [5.41, 5.74) is 10.2. The fourth-order valence-electron chi connectivity index (χ4n) is 5.91. The average Bonchev–Trinajstić information content (AvgIpc) is 3.36.